The highest BCUT2D eigenvalue weighted by Gasteiger charge is 2.18. The van der Waals surface area contributed by atoms with Crippen molar-refractivity contribution in [1.82, 2.24) is 5.32 Å². The van der Waals surface area contributed by atoms with Crippen molar-refractivity contribution >= 4 is 17.5 Å². The van der Waals surface area contributed by atoms with E-state index in [4.69, 9.17) is 0 Å². The fourth-order valence-corrected chi connectivity index (χ4v) is 2.91. The molecule has 0 bridgehead atoms. The number of anilines is 1. The summed E-state index contributed by atoms with van der Waals surface area (Å²) in [6, 6.07) is 15.8. The Morgan fingerprint density at radius 3 is 2.00 bits per heavy atom. The first-order valence-electron chi connectivity index (χ1n) is 9.13. The monoisotopic (exact) mass is 352 g/mol. The molecule has 138 valence electrons. The van der Waals surface area contributed by atoms with Gasteiger partial charge in [-0.2, -0.15) is 0 Å². The summed E-state index contributed by atoms with van der Waals surface area (Å²) in [6.07, 6.45) is 1.32. The summed E-state index contributed by atoms with van der Waals surface area (Å²) in [6.45, 7) is 7.83. The van der Waals surface area contributed by atoms with Crippen molar-refractivity contribution in [3.8, 4) is 0 Å². The molecule has 4 heteroatoms. The second-order valence-corrected chi connectivity index (χ2v) is 6.94. The Balaban J connectivity index is 2.01. The van der Waals surface area contributed by atoms with E-state index in [1.54, 1.807) is 0 Å². The molecule has 1 unspecified atom stereocenters. The number of amides is 2. The van der Waals surface area contributed by atoms with Gasteiger partial charge < -0.3 is 10.6 Å². The lowest BCUT2D eigenvalue weighted by Gasteiger charge is -2.23. The number of nitrogens with one attached hydrogen (secondary N) is 2. The molecule has 0 spiro atoms. The molecule has 0 aliphatic heterocycles. The van der Waals surface area contributed by atoms with Gasteiger partial charge in [-0.3, -0.25) is 9.59 Å². The van der Waals surface area contributed by atoms with Gasteiger partial charge >= 0.3 is 0 Å². The van der Waals surface area contributed by atoms with Crippen molar-refractivity contribution in [2.24, 2.45) is 5.92 Å². The zero-order valence-electron chi connectivity index (χ0n) is 16.0. The van der Waals surface area contributed by atoms with Gasteiger partial charge in [-0.25, -0.2) is 0 Å². The van der Waals surface area contributed by atoms with Crippen molar-refractivity contribution in [1.29, 1.82) is 0 Å². The second kappa shape index (κ2) is 9.18. The van der Waals surface area contributed by atoms with Gasteiger partial charge in [-0.1, -0.05) is 57.2 Å². The zero-order valence-corrected chi connectivity index (χ0v) is 16.0. The highest BCUT2D eigenvalue weighted by Crippen LogP contribution is 2.22. The number of hydrogen-bond donors (Lipinski definition) is 2. The molecule has 1 atom stereocenters. The molecule has 0 saturated carbocycles. The molecule has 0 aliphatic rings. The Morgan fingerprint density at radius 1 is 0.923 bits per heavy atom. The number of rotatable bonds is 7. The highest BCUT2D eigenvalue weighted by molar-refractivity contribution is 5.88. The molecular formula is C22H28N2O2. The average molecular weight is 352 g/mol. The second-order valence-electron chi connectivity index (χ2n) is 6.94. The first-order valence-corrected chi connectivity index (χ1v) is 9.13. The summed E-state index contributed by atoms with van der Waals surface area (Å²) in [5.41, 5.74) is 4.08. The van der Waals surface area contributed by atoms with E-state index in [1.807, 2.05) is 24.3 Å². The molecule has 2 N–H and O–H groups in total. The van der Waals surface area contributed by atoms with Crippen LogP contribution in [0.2, 0.25) is 0 Å². The zero-order chi connectivity index (χ0) is 19.1. The van der Waals surface area contributed by atoms with Gasteiger partial charge in [-0.05, 0) is 41.2 Å². The first kappa shape index (κ1) is 19.7. The van der Waals surface area contributed by atoms with Gasteiger partial charge in [0.15, 0.2) is 0 Å². The Morgan fingerprint density at radius 2 is 1.50 bits per heavy atom. The van der Waals surface area contributed by atoms with E-state index >= 15 is 0 Å². The number of carbonyl (C=O) groups excluding carboxylic acids is 2. The van der Waals surface area contributed by atoms with E-state index in [1.165, 1.54) is 12.5 Å². The van der Waals surface area contributed by atoms with E-state index in [9.17, 15) is 9.59 Å². The number of benzene rings is 2. The summed E-state index contributed by atoms with van der Waals surface area (Å²) in [7, 11) is 0. The highest BCUT2D eigenvalue weighted by atomic mass is 16.2. The van der Waals surface area contributed by atoms with Crippen LogP contribution in [0.25, 0.3) is 0 Å². The lowest BCUT2D eigenvalue weighted by atomic mass is 9.94. The van der Waals surface area contributed by atoms with Crippen molar-refractivity contribution in [3.05, 3.63) is 65.2 Å². The van der Waals surface area contributed by atoms with Crippen molar-refractivity contribution < 1.29 is 9.59 Å². The molecule has 0 fully saturated rings. The van der Waals surface area contributed by atoms with Crippen LogP contribution in [0.3, 0.4) is 0 Å². The third-order valence-electron chi connectivity index (χ3n) is 4.37. The molecule has 2 aromatic carbocycles. The fourth-order valence-electron chi connectivity index (χ4n) is 2.91. The van der Waals surface area contributed by atoms with Crippen LogP contribution in [0.5, 0.6) is 0 Å². The quantitative estimate of drug-likeness (QED) is 0.782. The van der Waals surface area contributed by atoms with Crippen LogP contribution in [0.15, 0.2) is 48.5 Å². The molecule has 2 amide bonds. The molecule has 0 aromatic heterocycles. The number of aryl methyl sites for hydroxylation is 1. The molecule has 0 aliphatic carbocycles. The largest absolute Gasteiger partial charge is 0.349 e. The Kier molecular flexibility index (Phi) is 6.96. The molecule has 2 rings (SSSR count). The van der Waals surface area contributed by atoms with Crippen molar-refractivity contribution in [2.45, 2.75) is 46.6 Å². The molecule has 4 nitrogen and oxygen atoms in total. The Labute approximate surface area is 156 Å². The molecule has 26 heavy (non-hydrogen) atoms. The normalized spacial score (nSPS) is 11.9. The molecule has 2 aromatic rings. The smallest absolute Gasteiger partial charge is 0.224 e. The van der Waals surface area contributed by atoms with Crippen LogP contribution in [-0.2, 0) is 22.4 Å². The van der Waals surface area contributed by atoms with E-state index in [0.29, 0.717) is 12.3 Å². The molecule has 0 radical (unpaired) electrons. The maximum atomic E-state index is 12.5. The van der Waals surface area contributed by atoms with E-state index in [-0.39, 0.29) is 17.9 Å². The molecule has 0 heterocycles. The third kappa shape index (κ3) is 5.73. The van der Waals surface area contributed by atoms with Crippen LogP contribution < -0.4 is 10.6 Å². The minimum absolute atomic E-state index is 0.00412. The predicted molar refractivity (Wildman–Crippen MR) is 106 cm³/mol. The number of hydrogen-bond acceptors (Lipinski definition) is 2. The summed E-state index contributed by atoms with van der Waals surface area (Å²) in [5, 5.41) is 5.88. The topological polar surface area (TPSA) is 58.2 Å². The summed E-state index contributed by atoms with van der Waals surface area (Å²) < 4.78 is 0. The SMILES string of the molecule is CCc1ccc(C(NC(=O)Cc2ccc(NC(C)=O)cc2)C(C)C)cc1. The Bertz CT molecular complexity index is 734. The summed E-state index contributed by atoms with van der Waals surface area (Å²) in [5.74, 6) is 0.188. The van der Waals surface area contributed by atoms with E-state index < -0.39 is 0 Å². The Hall–Kier alpha value is -2.62. The van der Waals surface area contributed by atoms with Gasteiger partial charge in [0.05, 0.1) is 12.5 Å². The third-order valence-corrected chi connectivity index (χ3v) is 4.37. The van der Waals surface area contributed by atoms with Crippen LogP contribution in [-0.4, -0.2) is 11.8 Å². The average Bonchev–Trinajstić information content (AvgIpc) is 2.61. The first-order chi connectivity index (χ1) is 12.4. The molecule has 0 saturated heterocycles. The van der Waals surface area contributed by atoms with Crippen LogP contribution in [0.1, 0.15) is 50.4 Å². The van der Waals surface area contributed by atoms with E-state index in [2.05, 4.69) is 55.7 Å². The maximum absolute atomic E-state index is 12.5. The number of carbonyl (C=O) groups is 2. The summed E-state index contributed by atoms with van der Waals surface area (Å²) >= 11 is 0. The van der Waals surface area contributed by atoms with Gasteiger partial charge in [0.1, 0.15) is 0 Å². The van der Waals surface area contributed by atoms with Crippen molar-refractivity contribution in [3.63, 3.8) is 0 Å². The minimum Gasteiger partial charge on any atom is -0.349 e. The van der Waals surface area contributed by atoms with Crippen molar-refractivity contribution in [2.75, 3.05) is 5.32 Å². The summed E-state index contributed by atoms with van der Waals surface area (Å²) in [4.78, 5) is 23.6. The van der Waals surface area contributed by atoms with Crippen LogP contribution >= 0.6 is 0 Å². The van der Waals surface area contributed by atoms with Crippen LogP contribution in [0.4, 0.5) is 5.69 Å². The fraction of sp³-hybridized carbons (Fsp3) is 0.364. The van der Waals surface area contributed by atoms with Gasteiger partial charge in [-0.15, -0.1) is 0 Å². The van der Waals surface area contributed by atoms with Gasteiger partial charge in [0, 0.05) is 12.6 Å². The van der Waals surface area contributed by atoms with Gasteiger partial charge in [0.2, 0.25) is 11.8 Å². The molecular weight excluding hydrogens is 324 g/mol. The van der Waals surface area contributed by atoms with Gasteiger partial charge in [0.25, 0.3) is 0 Å². The standard InChI is InChI=1S/C22H28N2O2/c1-5-17-6-10-19(11-7-17)22(15(2)3)24-21(26)14-18-8-12-20(13-9-18)23-16(4)25/h6-13,15,22H,5,14H2,1-4H3,(H,23,25)(H,24,26). The lowest BCUT2D eigenvalue weighted by molar-refractivity contribution is -0.121. The minimum atomic E-state index is -0.107. The predicted octanol–water partition coefficient (Wildman–Crippen LogP) is 4.26. The lowest BCUT2D eigenvalue weighted by Crippen LogP contribution is -2.32. The van der Waals surface area contributed by atoms with E-state index in [0.717, 1.165) is 23.2 Å². The van der Waals surface area contributed by atoms with Crippen LogP contribution in [0, 0.1) is 5.92 Å². The maximum Gasteiger partial charge on any atom is 0.224 e.